The van der Waals surface area contributed by atoms with Crippen LogP contribution in [0.4, 0.5) is 0 Å². The normalized spacial score (nSPS) is 19.5. The van der Waals surface area contributed by atoms with E-state index in [4.69, 9.17) is 0 Å². The summed E-state index contributed by atoms with van der Waals surface area (Å²) in [6, 6.07) is 8.33. The van der Waals surface area contributed by atoms with Crippen LogP contribution in [0.3, 0.4) is 0 Å². The van der Waals surface area contributed by atoms with E-state index in [-0.39, 0.29) is 5.41 Å². The van der Waals surface area contributed by atoms with E-state index in [1.54, 1.807) is 0 Å². The molecule has 1 fully saturated rings. The maximum Gasteiger partial charge on any atom is 0.130 e. The standard InChI is InChI=1S/C12H13IO/c13-11-5-3-4-10(8-11)12(9-14)6-1-2-7-12/h3-5,8-9H,1-2,6-7H2. The van der Waals surface area contributed by atoms with Gasteiger partial charge in [0.05, 0.1) is 5.41 Å². The third kappa shape index (κ3) is 1.72. The van der Waals surface area contributed by atoms with Gasteiger partial charge in [0.1, 0.15) is 6.29 Å². The van der Waals surface area contributed by atoms with Crippen LogP contribution in [0.15, 0.2) is 24.3 Å². The number of carbonyl (C=O) groups excluding carboxylic acids is 1. The lowest BCUT2D eigenvalue weighted by molar-refractivity contribution is -0.112. The minimum atomic E-state index is -0.165. The van der Waals surface area contributed by atoms with Gasteiger partial charge >= 0.3 is 0 Å². The molecule has 0 amide bonds. The molecule has 0 atom stereocenters. The highest BCUT2D eigenvalue weighted by atomic mass is 127. The van der Waals surface area contributed by atoms with E-state index in [0.29, 0.717) is 0 Å². The Morgan fingerprint density at radius 3 is 2.57 bits per heavy atom. The molecule has 0 heterocycles. The number of halogens is 1. The number of rotatable bonds is 2. The Morgan fingerprint density at radius 1 is 1.29 bits per heavy atom. The molecule has 0 saturated heterocycles. The Hall–Kier alpha value is -0.380. The molecule has 74 valence electrons. The lowest BCUT2D eigenvalue weighted by Gasteiger charge is -2.22. The van der Waals surface area contributed by atoms with Crippen molar-refractivity contribution in [3.8, 4) is 0 Å². The van der Waals surface area contributed by atoms with Crippen molar-refractivity contribution in [3.63, 3.8) is 0 Å². The molecule has 0 aromatic heterocycles. The van der Waals surface area contributed by atoms with Crippen LogP contribution < -0.4 is 0 Å². The van der Waals surface area contributed by atoms with Crippen molar-refractivity contribution in [2.45, 2.75) is 31.1 Å². The SMILES string of the molecule is O=CC1(c2cccc(I)c2)CCCC1. The minimum Gasteiger partial charge on any atom is -0.302 e. The van der Waals surface area contributed by atoms with Crippen molar-refractivity contribution in [3.05, 3.63) is 33.4 Å². The van der Waals surface area contributed by atoms with Crippen molar-refractivity contribution >= 4 is 28.9 Å². The molecule has 0 radical (unpaired) electrons. The van der Waals surface area contributed by atoms with Gasteiger partial charge in [0.2, 0.25) is 0 Å². The summed E-state index contributed by atoms with van der Waals surface area (Å²) >= 11 is 2.30. The van der Waals surface area contributed by atoms with E-state index in [9.17, 15) is 4.79 Å². The fraction of sp³-hybridized carbons (Fsp3) is 0.417. The van der Waals surface area contributed by atoms with Crippen molar-refractivity contribution in [2.75, 3.05) is 0 Å². The molecule has 0 unspecified atom stereocenters. The largest absolute Gasteiger partial charge is 0.302 e. The lowest BCUT2D eigenvalue weighted by atomic mass is 9.80. The predicted molar refractivity (Wildman–Crippen MR) is 65.4 cm³/mol. The molecule has 2 rings (SSSR count). The zero-order chi connectivity index (χ0) is 10.0. The fourth-order valence-electron chi connectivity index (χ4n) is 2.28. The van der Waals surface area contributed by atoms with Crippen molar-refractivity contribution in [1.29, 1.82) is 0 Å². The first-order chi connectivity index (χ1) is 6.77. The summed E-state index contributed by atoms with van der Waals surface area (Å²) in [5.41, 5.74) is 1.04. The molecule has 0 spiro atoms. The lowest BCUT2D eigenvalue weighted by Crippen LogP contribution is -2.23. The quantitative estimate of drug-likeness (QED) is 0.605. The molecule has 1 aliphatic carbocycles. The highest BCUT2D eigenvalue weighted by Gasteiger charge is 2.35. The molecule has 2 heteroatoms. The second kappa shape index (κ2) is 4.01. The summed E-state index contributed by atoms with van der Waals surface area (Å²) in [7, 11) is 0. The van der Waals surface area contributed by atoms with Crippen molar-refractivity contribution in [1.82, 2.24) is 0 Å². The Bertz CT molecular complexity index is 340. The molecule has 1 nitrogen and oxygen atoms in total. The average Bonchev–Trinajstić information content (AvgIpc) is 2.67. The Kier molecular flexibility index (Phi) is 2.91. The van der Waals surface area contributed by atoms with E-state index >= 15 is 0 Å². The third-order valence-electron chi connectivity index (χ3n) is 3.12. The van der Waals surface area contributed by atoms with Gasteiger partial charge < -0.3 is 4.79 Å². The predicted octanol–water partition coefficient (Wildman–Crippen LogP) is 3.30. The van der Waals surface area contributed by atoms with E-state index in [2.05, 4.69) is 40.8 Å². The molecular weight excluding hydrogens is 287 g/mol. The minimum absolute atomic E-state index is 0.165. The van der Waals surface area contributed by atoms with Crippen LogP contribution in [0.1, 0.15) is 31.2 Å². The molecule has 1 saturated carbocycles. The summed E-state index contributed by atoms with van der Waals surface area (Å²) in [4.78, 5) is 11.2. The maximum atomic E-state index is 11.2. The zero-order valence-electron chi connectivity index (χ0n) is 8.00. The highest BCUT2D eigenvalue weighted by molar-refractivity contribution is 14.1. The van der Waals surface area contributed by atoms with Crippen LogP contribution in [0, 0.1) is 3.57 Å². The van der Waals surface area contributed by atoms with E-state index < -0.39 is 0 Å². The summed E-state index contributed by atoms with van der Waals surface area (Å²) in [6.07, 6.45) is 5.58. The van der Waals surface area contributed by atoms with Gasteiger partial charge in [-0.2, -0.15) is 0 Å². The van der Waals surface area contributed by atoms with Gasteiger partial charge in [-0.3, -0.25) is 0 Å². The first-order valence-electron chi connectivity index (χ1n) is 4.99. The Morgan fingerprint density at radius 2 is 2.00 bits per heavy atom. The molecular formula is C12H13IO. The summed E-state index contributed by atoms with van der Waals surface area (Å²) in [5, 5.41) is 0. The summed E-state index contributed by atoms with van der Waals surface area (Å²) < 4.78 is 1.22. The maximum absolute atomic E-state index is 11.2. The third-order valence-corrected chi connectivity index (χ3v) is 3.79. The number of aldehydes is 1. The van der Waals surface area contributed by atoms with Crippen molar-refractivity contribution in [2.24, 2.45) is 0 Å². The molecule has 0 N–H and O–H groups in total. The van der Waals surface area contributed by atoms with E-state index in [1.165, 1.54) is 22.0 Å². The summed E-state index contributed by atoms with van der Waals surface area (Å²) in [5.74, 6) is 0. The van der Waals surface area contributed by atoms with Gasteiger partial charge in [-0.1, -0.05) is 25.0 Å². The second-order valence-corrected chi connectivity index (χ2v) is 5.24. The van der Waals surface area contributed by atoms with Gasteiger partial charge in [0.15, 0.2) is 0 Å². The second-order valence-electron chi connectivity index (χ2n) is 3.99. The smallest absolute Gasteiger partial charge is 0.130 e. The Labute approximate surface area is 98.0 Å². The first-order valence-corrected chi connectivity index (χ1v) is 6.07. The highest BCUT2D eigenvalue weighted by Crippen LogP contribution is 2.39. The van der Waals surface area contributed by atoms with Crippen LogP contribution >= 0.6 is 22.6 Å². The Balaban J connectivity index is 2.40. The van der Waals surface area contributed by atoms with Crippen LogP contribution in [0.25, 0.3) is 0 Å². The molecule has 1 aliphatic rings. The number of carbonyl (C=O) groups is 1. The fourth-order valence-corrected chi connectivity index (χ4v) is 2.82. The van der Waals surface area contributed by atoms with E-state index in [1.807, 2.05) is 6.07 Å². The number of benzene rings is 1. The number of hydrogen-bond donors (Lipinski definition) is 0. The number of hydrogen-bond acceptors (Lipinski definition) is 1. The van der Waals surface area contributed by atoms with Crippen LogP contribution in [0.5, 0.6) is 0 Å². The average molecular weight is 300 g/mol. The zero-order valence-corrected chi connectivity index (χ0v) is 10.2. The van der Waals surface area contributed by atoms with Gasteiger partial charge in [0.25, 0.3) is 0 Å². The topological polar surface area (TPSA) is 17.1 Å². The summed E-state index contributed by atoms with van der Waals surface area (Å²) in [6.45, 7) is 0. The van der Waals surface area contributed by atoms with Crippen molar-refractivity contribution < 1.29 is 4.79 Å². The molecule has 0 bridgehead atoms. The van der Waals surface area contributed by atoms with Gasteiger partial charge in [-0.25, -0.2) is 0 Å². The van der Waals surface area contributed by atoms with E-state index in [0.717, 1.165) is 19.1 Å². The molecule has 0 aliphatic heterocycles. The van der Waals surface area contributed by atoms with Gasteiger partial charge in [-0.15, -0.1) is 0 Å². The van der Waals surface area contributed by atoms with Crippen LogP contribution in [-0.4, -0.2) is 6.29 Å². The van der Waals surface area contributed by atoms with Crippen LogP contribution in [-0.2, 0) is 10.2 Å². The van der Waals surface area contributed by atoms with Gasteiger partial charge in [0, 0.05) is 3.57 Å². The first kappa shape index (κ1) is 10.1. The molecule has 14 heavy (non-hydrogen) atoms. The monoisotopic (exact) mass is 300 g/mol. The molecule has 1 aromatic carbocycles. The van der Waals surface area contributed by atoms with Crippen LogP contribution in [0.2, 0.25) is 0 Å². The van der Waals surface area contributed by atoms with Gasteiger partial charge in [-0.05, 0) is 53.1 Å². The molecule has 1 aromatic rings.